The molecule has 0 spiro atoms. The van der Waals surface area contributed by atoms with Crippen molar-refractivity contribution in [1.82, 2.24) is 25.1 Å². The molecule has 0 atom stereocenters. The van der Waals surface area contributed by atoms with Crippen LogP contribution in [0.3, 0.4) is 0 Å². The third kappa shape index (κ3) is 3.47. The van der Waals surface area contributed by atoms with Gasteiger partial charge in [-0.1, -0.05) is 6.07 Å². The van der Waals surface area contributed by atoms with Crippen molar-refractivity contribution in [3.63, 3.8) is 0 Å². The highest BCUT2D eigenvalue weighted by Gasteiger charge is 2.21. The van der Waals surface area contributed by atoms with Crippen LogP contribution in [0.4, 0.5) is 5.82 Å². The highest BCUT2D eigenvalue weighted by atomic mass is 32.2. The van der Waals surface area contributed by atoms with Crippen LogP contribution in [0.25, 0.3) is 11.0 Å². The summed E-state index contributed by atoms with van der Waals surface area (Å²) in [6.45, 7) is 2.32. The summed E-state index contributed by atoms with van der Waals surface area (Å²) in [6, 6.07) is 3.96. The van der Waals surface area contributed by atoms with Crippen molar-refractivity contribution in [2.75, 3.05) is 29.5 Å². The second-order valence-corrected chi connectivity index (χ2v) is 8.03. The third-order valence-corrected chi connectivity index (χ3v) is 5.81. The van der Waals surface area contributed by atoms with Gasteiger partial charge in [0.05, 0.1) is 11.9 Å². The number of hydrogen-bond acceptors (Lipinski definition) is 7. The van der Waals surface area contributed by atoms with Crippen LogP contribution in [0, 0.1) is 0 Å². The topological polar surface area (TPSA) is 75.9 Å². The largest absolute Gasteiger partial charge is 0.354 e. The maximum atomic E-state index is 12.5. The molecule has 1 saturated heterocycles. The molecule has 0 bridgehead atoms. The van der Waals surface area contributed by atoms with E-state index < -0.39 is 0 Å². The van der Waals surface area contributed by atoms with Gasteiger partial charge in [0.25, 0.3) is 5.91 Å². The number of nitrogens with zero attached hydrogens (tertiary/aromatic N) is 5. The fourth-order valence-corrected chi connectivity index (χ4v) is 4.33. The van der Waals surface area contributed by atoms with Crippen molar-refractivity contribution in [1.29, 1.82) is 0 Å². The van der Waals surface area contributed by atoms with E-state index in [1.807, 2.05) is 42.5 Å². The van der Waals surface area contributed by atoms with Crippen LogP contribution in [0.15, 0.2) is 23.7 Å². The lowest BCUT2D eigenvalue weighted by Gasteiger charge is -2.27. The summed E-state index contributed by atoms with van der Waals surface area (Å²) >= 11 is 3.55. The molecule has 1 amide bonds. The summed E-state index contributed by atoms with van der Waals surface area (Å²) in [7, 11) is 1.86. The Morgan fingerprint density at radius 2 is 2.16 bits per heavy atom. The third-order valence-electron chi connectivity index (χ3n) is 3.99. The van der Waals surface area contributed by atoms with E-state index in [-0.39, 0.29) is 11.7 Å². The van der Waals surface area contributed by atoms with Crippen molar-refractivity contribution in [2.45, 2.75) is 6.54 Å². The maximum absolute atomic E-state index is 12.5. The molecule has 3 aromatic heterocycles. The number of anilines is 1. The molecule has 4 rings (SSSR count). The lowest BCUT2D eigenvalue weighted by molar-refractivity contribution is 0.0941. The zero-order valence-electron chi connectivity index (χ0n) is 13.8. The first-order valence-electron chi connectivity index (χ1n) is 8.05. The van der Waals surface area contributed by atoms with Crippen LogP contribution < -0.4 is 10.2 Å². The van der Waals surface area contributed by atoms with Crippen LogP contribution in [0.2, 0.25) is 0 Å². The lowest BCUT2D eigenvalue weighted by Crippen LogP contribution is -2.34. The number of fused-ring (bicyclic) bond motifs is 1. The number of carbonyl (C=O) groups is 1. The molecule has 1 aliphatic heterocycles. The van der Waals surface area contributed by atoms with Crippen LogP contribution in [-0.4, -0.2) is 50.3 Å². The lowest BCUT2D eigenvalue weighted by atomic mass is 10.3. The summed E-state index contributed by atoms with van der Waals surface area (Å²) in [4.78, 5) is 24.8. The fraction of sp³-hybridized carbons (Fsp3) is 0.375. The monoisotopic (exact) mass is 374 g/mol. The quantitative estimate of drug-likeness (QED) is 0.752. The summed E-state index contributed by atoms with van der Waals surface area (Å²) < 4.78 is 1.72. The second kappa shape index (κ2) is 7.01. The van der Waals surface area contributed by atoms with Crippen LogP contribution in [0.1, 0.15) is 15.5 Å². The number of amides is 1. The van der Waals surface area contributed by atoms with Gasteiger partial charge in [0.15, 0.2) is 5.65 Å². The predicted molar refractivity (Wildman–Crippen MR) is 101 cm³/mol. The Balaban J connectivity index is 1.65. The maximum Gasteiger partial charge on any atom is 0.289 e. The van der Waals surface area contributed by atoms with Gasteiger partial charge in [-0.2, -0.15) is 16.9 Å². The summed E-state index contributed by atoms with van der Waals surface area (Å²) in [5, 5.41) is 10.2. The molecule has 9 heteroatoms. The molecule has 0 radical (unpaired) electrons. The molecule has 3 aromatic rings. The number of thiophene rings is 1. The normalized spacial score (nSPS) is 14.8. The first-order valence-corrected chi connectivity index (χ1v) is 10.1. The molecular weight excluding hydrogens is 356 g/mol. The number of aryl methyl sites for hydroxylation is 1. The van der Waals surface area contributed by atoms with Crippen molar-refractivity contribution >= 4 is 45.9 Å². The molecule has 130 valence electrons. The van der Waals surface area contributed by atoms with Crippen molar-refractivity contribution in [3.05, 3.63) is 34.4 Å². The number of thioether (sulfide) groups is 1. The van der Waals surface area contributed by atoms with E-state index in [4.69, 9.17) is 0 Å². The van der Waals surface area contributed by atoms with E-state index >= 15 is 0 Å². The molecule has 1 fully saturated rings. The number of aromatic nitrogens is 4. The van der Waals surface area contributed by atoms with Gasteiger partial charge in [-0.25, -0.2) is 9.97 Å². The Morgan fingerprint density at radius 3 is 2.92 bits per heavy atom. The van der Waals surface area contributed by atoms with Gasteiger partial charge in [-0.3, -0.25) is 9.48 Å². The molecule has 25 heavy (non-hydrogen) atoms. The zero-order chi connectivity index (χ0) is 17.2. The van der Waals surface area contributed by atoms with Crippen LogP contribution in [0.5, 0.6) is 0 Å². The Labute approximate surface area is 153 Å². The number of carbonyl (C=O) groups excluding carboxylic acids is 1. The van der Waals surface area contributed by atoms with Crippen molar-refractivity contribution < 1.29 is 4.79 Å². The molecule has 7 nitrogen and oxygen atoms in total. The minimum Gasteiger partial charge on any atom is -0.354 e. The van der Waals surface area contributed by atoms with Gasteiger partial charge in [0, 0.05) is 42.7 Å². The van der Waals surface area contributed by atoms with E-state index in [0.29, 0.717) is 12.2 Å². The first kappa shape index (κ1) is 16.3. The van der Waals surface area contributed by atoms with Gasteiger partial charge in [-0.15, -0.1) is 11.3 Å². The molecule has 1 aliphatic rings. The predicted octanol–water partition coefficient (Wildman–Crippen LogP) is 1.91. The Bertz CT molecular complexity index is 886. The summed E-state index contributed by atoms with van der Waals surface area (Å²) in [6.07, 6.45) is 1.92. The molecular formula is C16H18N6OS2. The number of rotatable bonds is 4. The van der Waals surface area contributed by atoms with Gasteiger partial charge in [-0.05, 0) is 11.4 Å². The number of hydrogen-bond donors (Lipinski definition) is 1. The van der Waals surface area contributed by atoms with Gasteiger partial charge >= 0.3 is 0 Å². The first-order chi connectivity index (χ1) is 12.2. The average molecular weight is 374 g/mol. The molecule has 0 unspecified atom stereocenters. The Hall–Kier alpha value is -2.13. The molecule has 1 N–H and O–H groups in total. The molecule has 0 aliphatic carbocycles. The zero-order valence-corrected chi connectivity index (χ0v) is 15.4. The summed E-state index contributed by atoms with van der Waals surface area (Å²) in [5.74, 6) is 2.83. The van der Waals surface area contributed by atoms with Crippen molar-refractivity contribution in [2.24, 2.45) is 7.05 Å². The molecule has 0 aromatic carbocycles. The van der Waals surface area contributed by atoms with Crippen LogP contribution in [-0.2, 0) is 13.6 Å². The molecule has 0 saturated carbocycles. The SMILES string of the molecule is Cn1cc2c(N3CCSCC3)nc(C(=O)NCc3cccs3)nc2n1. The van der Waals surface area contributed by atoms with Gasteiger partial charge < -0.3 is 10.2 Å². The minimum absolute atomic E-state index is 0.177. The average Bonchev–Trinajstić information content (AvgIpc) is 3.27. The summed E-state index contributed by atoms with van der Waals surface area (Å²) in [5.41, 5.74) is 0.562. The van der Waals surface area contributed by atoms with Crippen molar-refractivity contribution in [3.8, 4) is 0 Å². The fourth-order valence-electron chi connectivity index (χ4n) is 2.78. The highest BCUT2D eigenvalue weighted by Crippen LogP contribution is 2.25. The second-order valence-electron chi connectivity index (χ2n) is 5.77. The van der Waals surface area contributed by atoms with E-state index in [0.717, 1.165) is 40.7 Å². The smallest absolute Gasteiger partial charge is 0.289 e. The van der Waals surface area contributed by atoms with E-state index in [2.05, 4.69) is 25.3 Å². The van der Waals surface area contributed by atoms with Gasteiger partial charge in [0.2, 0.25) is 5.82 Å². The standard InChI is InChI=1S/C16H18N6OS2/c1-21-10-12-13(20-21)18-14(16(23)17-9-11-3-2-6-25-11)19-15(12)22-4-7-24-8-5-22/h2-3,6,10H,4-5,7-9H2,1H3,(H,17,23). The van der Waals surface area contributed by atoms with E-state index in [1.165, 1.54) is 0 Å². The molecule has 4 heterocycles. The van der Waals surface area contributed by atoms with E-state index in [9.17, 15) is 4.79 Å². The minimum atomic E-state index is -0.270. The Kier molecular flexibility index (Phi) is 4.58. The Morgan fingerprint density at radius 1 is 1.32 bits per heavy atom. The van der Waals surface area contributed by atoms with E-state index in [1.54, 1.807) is 16.0 Å². The van der Waals surface area contributed by atoms with Crippen LogP contribution >= 0.6 is 23.1 Å². The van der Waals surface area contributed by atoms with Gasteiger partial charge in [0.1, 0.15) is 5.82 Å². The highest BCUT2D eigenvalue weighted by molar-refractivity contribution is 7.99. The number of nitrogens with one attached hydrogen (secondary N) is 1.